The number of aryl methyl sites for hydroxylation is 1. The van der Waals surface area contributed by atoms with Gasteiger partial charge in [0, 0.05) is 12.0 Å². The van der Waals surface area contributed by atoms with E-state index in [9.17, 15) is 4.79 Å². The van der Waals surface area contributed by atoms with E-state index in [1.807, 2.05) is 43.3 Å². The predicted octanol–water partition coefficient (Wildman–Crippen LogP) is 5.36. The third-order valence-corrected chi connectivity index (χ3v) is 5.47. The highest BCUT2D eigenvalue weighted by Crippen LogP contribution is 2.37. The van der Waals surface area contributed by atoms with Crippen molar-refractivity contribution in [2.24, 2.45) is 5.10 Å². The molecule has 1 unspecified atom stereocenters. The lowest BCUT2D eigenvalue weighted by Crippen LogP contribution is -2.26. The van der Waals surface area contributed by atoms with Crippen LogP contribution in [0.25, 0.3) is 0 Å². The molecule has 30 heavy (non-hydrogen) atoms. The van der Waals surface area contributed by atoms with E-state index in [1.165, 1.54) is 5.01 Å². The van der Waals surface area contributed by atoms with Gasteiger partial charge < -0.3 is 13.9 Å². The van der Waals surface area contributed by atoms with Gasteiger partial charge in [0.2, 0.25) is 0 Å². The summed E-state index contributed by atoms with van der Waals surface area (Å²) < 4.78 is 16.9. The predicted molar refractivity (Wildman–Crippen MR) is 117 cm³/mol. The zero-order valence-corrected chi connectivity index (χ0v) is 18.5. The van der Waals surface area contributed by atoms with E-state index >= 15 is 0 Å². The zero-order valence-electron chi connectivity index (χ0n) is 16.9. The number of halogens is 1. The molecule has 1 aliphatic rings. The van der Waals surface area contributed by atoms with Gasteiger partial charge in [-0.2, -0.15) is 5.10 Å². The minimum absolute atomic E-state index is 0.224. The van der Waals surface area contributed by atoms with E-state index < -0.39 is 0 Å². The van der Waals surface area contributed by atoms with Crippen molar-refractivity contribution in [1.82, 2.24) is 5.01 Å². The van der Waals surface area contributed by atoms with Crippen LogP contribution in [-0.2, 0) is 0 Å². The van der Waals surface area contributed by atoms with E-state index in [2.05, 4.69) is 22.0 Å². The molecule has 0 saturated carbocycles. The number of hydrogen-bond acceptors (Lipinski definition) is 5. The van der Waals surface area contributed by atoms with Crippen LogP contribution in [0.1, 0.15) is 39.7 Å². The van der Waals surface area contributed by atoms with E-state index in [1.54, 1.807) is 26.4 Å². The Morgan fingerprint density at radius 1 is 1.13 bits per heavy atom. The maximum absolute atomic E-state index is 13.2. The zero-order chi connectivity index (χ0) is 21.3. The summed E-state index contributed by atoms with van der Waals surface area (Å²) in [5, 5.41) is 6.20. The summed E-state index contributed by atoms with van der Waals surface area (Å²) in [5.74, 6) is 1.29. The number of methoxy groups -OCH3 is 2. The number of nitrogens with zero attached hydrogens (tertiary/aromatic N) is 2. The largest absolute Gasteiger partial charge is 0.497 e. The molecule has 0 spiro atoms. The Morgan fingerprint density at radius 2 is 1.97 bits per heavy atom. The first-order chi connectivity index (χ1) is 14.5. The van der Waals surface area contributed by atoms with Gasteiger partial charge in [0.15, 0.2) is 10.4 Å². The van der Waals surface area contributed by atoms with Crippen molar-refractivity contribution < 1.29 is 18.7 Å². The molecule has 154 valence electrons. The Bertz CT molecular complexity index is 1120. The van der Waals surface area contributed by atoms with E-state index in [0.29, 0.717) is 22.6 Å². The molecular weight excluding hydrogens is 448 g/mol. The molecule has 3 aromatic rings. The van der Waals surface area contributed by atoms with Crippen LogP contribution in [0.15, 0.2) is 68.8 Å². The van der Waals surface area contributed by atoms with Gasteiger partial charge in [-0.25, -0.2) is 5.01 Å². The standard InChI is InChI=1S/C23H21BrN2O4/c1-14-5-4-6-15(11-14)19-13-18(17-12-16(28-2)7-8-20(17)29-3)25-26(19)23(27)21-9-10-22(24)30-21/h4-12,19H,13H2,1-3H3. The average Bonchev–Trinajstić information content (AvgIpc) is 3.39. The minimum Gasteiger partial charge on any atom is -0.497 e. The number of benzene rings is 2. The number of furan rings is 1. The summed E-state index contributed by atoms with van der Waals surface area (Å²) in [4.78, 5) is 13.2. The fourth-order valence-corrected chi connectivity index (χ4v) is 3.89. The van der Waals surface area contributed by atoms with E-state index in [0.717, 1.165) is 22.4 Å². The first-order valence-corrected chi connectivity index (χ1v) is 10.2. The van der Waals surface area contributed by atoms with Crippen molar-refractivity contribution in [3.8, 4) is 11.5 Å². The van der Waals surface area contributed by atoms with E-state index in [4.69, 9.17) is 19.0 Å². The fraction of sp³-hybridized carbons (Fsp3) is 0.217. The van der Waals surface area contributed by atoms with Gasteiger partial charge in [0.25, 0.3) is 0 Å². The average molecular weight is 469 g/mol. The molecule has 2 heterocycles. The van der Waals surface area contributed by atoms with Crippen LogP contribution in [-0.4, -0.2) is 30.8 Å². The second-order valence-electron chi connectivity index (χ2n) is 7.00. The fourth-order valence-electron chi connectivity index (χ4n) is 3.58. The third kappa shape index (κ3) is 3.85. The molecule has 6 nitrogen and oxygen atoms in total. The molecule has 1 aromatic heterocycles. The van der Waals surface area contributed by atoms with Gasteiger partial charge in [-0.15, -0.1) is 0 Å². The molecular formula is C23H21BrN2O4. The lowest BCUT2D eigenvalue weighted by atomic mass is 9.96. The highest BCUT2D eigenvalue weighted by Gasteiger charge is 2.36. The van der Waals surface area contributed by atoms with E-state index in [-0.39, 0.29) is 17.7 Å². The number of hydrazone groups is 1. The Kier molecular flexibility index (Phi) is 5.63. The SMILES string of the molecule is COc1ccc(OC)c(C2=NN(C(=O)c3ccc(Br)o3)C(c3cccc(C)c3)C2)c1. The molecule has 0 aliphatic carbocycles. The Hall–Kier alpha value is -3.06. The van der Waals surface area contributed by atoms with Crippen LogP contribution in [0.3, 0.4) is 0 Å². The molecule has 0 bridgehead atoms. The Balaban J connectivity index is 1.79. The number of carbonyl (C=O) groups is 1. The molecule has 4 rings (SSSR count). The van der Waals surface area contributed by atoms with Crippen LogP contribution >= 0.6 is 15.9 Å². The molecule has 1 atom stereocenters. The smallest absolute Gasteiger partial charge is 0.310 e. The van der Waals surface area contributed by atoms with Gasteiger partial charge >= 0.3 is 5.91 Å². The second-order valence-corrected chi connectivity index (χ2v) is 7.78. The highest BCUT2D eigenvalue weighted by atomic mass is 79.9. The summed E-state index contributed by atoms with van der Waals surface area (Å²) in [6.07, 6.45) is 0.542. The Labute approximate surface area is 183 Å². The van der Waals surface area contributed by atoms with Gasteiger partial charge in [-0.1, -0.05) is 29.8 Å². The monoisotopic (exact) mass is 468 g/mol. The Morgan fingerprint density at radius 3 is 2.63 bits per heavy atom. The van der Waals surface area contributed by atoms with Gasteiger partial charge in [0.1, 0.15) is 11.5 Å². The molecule has 0 saturated heterocycles. The van der Waals surface area contributed by atoms with Crippen molar-refractivity contribution >= 4 is 27.5 Å². The maximum Gasteiger partial charge on any atom is 0.310 e. The summed E-state index contributed by atoms with van der Waals surface area (Å²) in [5.41, 5.74) is 3.67. The first-order valence-electron chi connectivity index (χ1n) is 9.45. The molecule has 0 fully saturated rings. The van der Waals surface area contributed by atoms with Crippen LogP contribution in [0.2, 0.25) is 0 Å². The summed E-state index contributed by atoms with van der Waals surface area (Å²) in [7, 11) is 3.23. The summed E-state index contributed by atoms with van der Waals surface area (Å²) in [6, 6.07) is 16.7. The number of amides is 1. The maximum atomic E-state index is 13.2. The lowest BCUT2D eigenvalue weighted by molar-refractivity contribution is 0.0677. The number of rotatable bonds is 5. The lowest BCUT2D eigenvalue weighted by Gasteiger charge is -2.21. The molecule has 2 aromatic carbocycles. The highest BCUT2D eigenvalue weighted by molar-refractivity contribution is 9.10. The molecule has 0 N–H and O–H groups in total. The van der Waals surface area contributed by atoms with Gasteiger partial charge in [-0.3, -0.25) is 4.79 Å². The molecule has 1 aliphatic heterocycles. The second kappa shape index (κ2) is 8.36. The molecule has 1 amide bonds. The van der Waals surface area contributed by atoms with Gasteiger partial charge in [0.05, 0.1) is 26.0 Å². The number of hydrogen-bond donors (Lipinski definition) is 0. The minimum atomic E-state index is -0.302. The topological polar surface area (TPSA) is 64.3 Å². The number of ether oxygens (including phenoxy) is 2. The van der Waals surface area contributed by atoms with Crippen molar-refractivity contribution in [2.75, 3.05) is 14.2 Å². The van der Waals surface area contributed by atoms with Crippen LogP contribution in [0, 0.1) is 6.92 Å². The van der Waals surface area contributed by atoms with Crippen molar-refractivity contribution in [2.45, 2.75) is 19.4 Å². The third-order valence-electron chi connectivity index (χ3n) is 5.05. The van der Waals surface area contributed by atoms with Crippen LogP contribution in [0.5, 0.6) is 11.5 Å². The number of carbonyl (C=O) groups excluding carboxylic acids is 1. The first kappa shape index (κ1) is 20.2. The van der Waals surface area contributed by atoms with Crippen molar-refractivity contribution in [1.29, 1.82) is 0 Å². The van der Waals surface area contributed by atoms with Crippen LogP contribution in [0.4, 0.5) is 0 Å². The summed E-state index contributed by atoms with van der Waals surface area (Å²) in [6.45, 7) is 2.03. The molecule has 7 heteroatoms. The quantitative estimate of drug-likeness (QED) is 0.505. The molecule has 0 radical (unpaired) electrons. The normalized spacial score (nSPS) is 15.8. The van der Waals surface area contributed by atoms with Crippen LogP contribution < -0.4 is 9.47 Å². The van der Waals surface area contributed by atoms with Crippen molar-refractivity contribution in [3.05, 3.63) is 81.7 Å². The van der Waals surface area contributed by atoms with Gasteiger partial charge in [-0.05, 0) is 58.7 Å². The van der Waals surface area contributed by atoms with Crippen molar-refractivity contribution in [3.63, 3.8) is 0 Å². The summed E-state index contributed by atoms with van der Waals surface area (Å²) >= 11 is 3.26.